The molecule has 1 aromatic carbocycles. The molecule has 2 rings (SSSR count). The lowest BCUT2D eigenvalue weighted by molar-refractivity contribution is -0.114. The van der Waals surface area contributed by atoms with Crippen molar-refractivity contribution in [2.24, 2.45) is 0 Å². The minimum Gasteiger partial charge on any atom is -0.503 e. The van der Waals surface area contributed by atoms with E-state index in [-0.39, 0.29) is 22.9 Å². The second kappa shape index (κ2) is 4.88. The highest BCUT2D eigenvalue weighted by atomic mass is 16.4. The summed E-state index contributed by atoms with van der Waals surface area (Å²) in [5, 5.41) is 13.2. The van der Waals surface area contributed by atoms with Crippen LogP contribution in [0, 0.1) is 6.92 Å². The summed E-state index contributed by atoms with van der Waals surface area (Å²) in [5.74, 6) is -0.448. The van der Waals surface area contributed by atoms with Crippen LogP contribution in [0.15, 0.2) is 21.3 Å². The summed E-state index contributed by atoms with van der Waals surface area (Å²) in [4.78, 5) is 24.7. The average molecular weight is 276 g/mol. The molecule has 0 radical (unpaired) electrons. The molecular formula is C14H16N2O4. The standard InChI is InChI=1S/C14H16N2O4/c1-7-9-5-6-10(16(3)4)12(18)13(9)20-14(19)11(7)15-8(2)17/h5-6,18H,1-4H3,(H,15,17). The molecule has 106 valence electrons. The number of nitrogens with one attached hydrogen (secondary N) is 1. The van der Waals surface area contributed by atoms with Crippen LogP contribution in [-0.4, -0.2) is 25.1 Å². The molecule has 0 atom stereocenters. The molecule has 20 heavy (non-hydrogen) atoms. The second-order valence-electron chi connectivity index (χ2n) is 4.78. The molecule has 0 bridgehead atoms. The fourth-order valence-corrected chi connectivity index (χ4v) is 2.07. The molecule has 1 heterocycles. The Balaban J connectivity index is 2.79. The van der Waals surface area contributed by atoms with E-state index < -0.39 is 5.63 Å². The van der Waals surface area contributed by atoms with Gasteiger partial charge in [0.2, 0.25) is 5.91 Å². The molecule has 2 aromatic rings. The highest BCUT2D eigenvalue weighted by Crippen LogP contribution is 2.36. The zero-order valence-electron chi connectivity index (χ0n) is 11.8. The van der Waals surface area contributed by atoms with Gasteiger partial charge in [-0.3, -0.25) is 4.79 Å². The van der Waals surface area contributed by atoms with Crippen molar-refractivity contribution in [2.75, 3.05) is 24.3 Å². The molecule has 0 aliphatic heterocycles. The molecule has 6 heteroatoms. The Morgan fingerprint density at radius 2 is 2.00 bits per heavy atom. The number of hydrogen-bond donors (Lipinski definition) is 2. The Bertz CT molecular complexity index is 747. The summed E-state index contributed by atoms with van der Waals surface area (Å²) in [6, 6.07) is 3.47. The van der Waals surface area contributed by atoms with Gasteiger partial charge in [-0.1, -0.05) is 0 Å². The molecule has 0 fully saturated rings. The number of anilines is 2. The number of benzene rings is 1. The summed E-state index contributed by atoms with van der Waals surface area (Å²) in [6.45, 7) is 3.01. The second-order valence-corrected chi connectivity index (χ2v) is 4.78. The third-order valence-electron chi connectivity index (χ3n) is 3.07. The number of aryl methyl sites for hydroxylation is 1. The van der Waals surface area contributed by atoms with Crippen LogP contribution in [0.2, 0.25) is 0 Å². The molecule has 0 spiro atoms. The monoisotopic (exact) mass is 276 g/mol. The number of amides is 1. The quantitative estimate of drug-likeness (QED) is 0.818. The van der Waals surface area contributed by atoms with Gasteiger partial charge in [0.25, 0.3) is 0 Å². The molecule has 6 nitrogen and oxygen atoms in total. The first-order valence-electron chi connectivity index (χ1n) is 6.07. The molecule has 0 aliphatic rings. The summed E-state index contributed by atoms with van der Waals surface area (Å²) >= 11 is 0. The fraction of sp³-hybridized carbons (Fsp3) is 0.286. The van der Waals surface area contributed by atoms with E-state index in [1.54, 1.807) is 38.1 Å². The number of phenolic OH excluding ortho intramolecular Hbond substituents is 1. The fourth-order valence-electron chi connectivity index (χ4n) is 2.07. The Hall–Kier alpha value is -2.50. The van der Waals surface area contributed by atoms with E-state index in [1.807, 2.05) is 0 Å². The lowest BCUT2D eigenvalue weighted by Crippen LogP contribution is -2.16. The Kier molecular flexibility index (Phi) is 3.40. The zero-order valence-corrected chi connectivity index (χ0v) is 11.8. The summed E-state index contributed by atoms with van der Waals surface area (Å²) in [7, 11) is 3.55. The zero-order chi connectivity index (χ0) is 15.0. The van der Waals surface area contributed by atoms with Gasteiger partial charge in [0.15, 0.2) is 11.3 Å². The van der Waals surface area contributed by atoms with E-state index in [2.05, 4.69) is 5.32 Å². The number of fused-ring (bicyclic) bond motifs is 1. The number of nitrogens with zero attached hydrogens (tertiary/aromatic N) is 1. The van der Waals surface area contributed by atoms with Crippen molar-refractivity contribution < 1.29 is 14.3 Å². The summed E-state index contributed by atoms with van der Waals surface area (Å²) < 4.78 is 5.15. The maximum atomic E-state index is 11.9. The highest BCUT2D eigenvalue weighted by Gasteiger charge is 2.17. The normalized spacial score (nSPS) is 10.6. The van der Waals surface area contributed by atoms with Gasteiger partial charge in [-0.2, -0.15) is 0 Å². The van der Waals surface area contributed by atoms with E-state index in [1.165, 1.54) is 6.92 Å². The van der Waals surface area contributed by atoms with Crippen molar-refractivity contribution in [3.05, 3.63) is 28.1 Å². The van der Waals surface area contributed by atoms with Crippen LogP contribution >= 0.6 is 0 Å². The number of hydrogen-bond acceptors (Lipinski definition) is 5. The molecule has 1 amide bonds. The predicted octanol–water partition coefficient (Wildman–Crippen LogP) is 1.83. The van der Waals surface area contributed by atoms with Crippen molar-refractivity contribution in [2.45, 2.75) is 13.8 Å². The Labute approximate surface area is 115 Å². The number of aromatic hydroxyl groups is 1. The van der Waals surface area contributed by atoms with E-state index in [4.69, 9.17) is 4.42 Å². The average Bonchev–Trinajstić information content (AvgIpc) is 2.35. The molecule has 1 aromatic heterocycles. The van der Waals surface area contributed by atoms with Gasteiger partial charge >= 0.3 is 5.63 Å². The smallest absolute Gasteiger partial charge is 0.360 e. The van der Waals surface area contributed by atoms with Gasteiger partial charge in [-0.05, 0) is 24.6 Å². The highest BCUT2D eigenvalue weighted by molar-refractivity contribution is 5.96. The van der Waals surface area contributed by atoms with Crippen LogP contribution in [0.25, 0.3) is 11.0 Å². The van der Waals surface area contributed by atoms with Crippen LogP contribution in [0.5, 0.6) is 5.75 Å². The Morgan fingerprint density at radius 3 is 2.55 bits per heavy atom. The summed E-state index contributed by atoms with van der Waals surface area (Å²) in [6.07, 6.45) is 0. The molecule has 0 saturated heterocycles. The number of phenols is 1. The minimum absolute atomic E-state index is 0.0953. The van der Waals surface area contributed by atoms with Crippen molar-refractivity contribution in [1.82, 2.24) is 0 Å². The SMILES string of the molecule is CC(=O)Nc1c(C)c2ccc(N(C)C)c(O)c2oc1=O. The van der Waals surface area contributed by atoms with Crippen LogP contribution in [0.1, 0.15) is 12.5 Å². The molecular weight excluding hydrogens is 260 g/mol. The van der Waals surface area contributed by atoms with Gasteiger partial charge in [-0.15, -0.1) is 0 Å². The van der Waals surface area contributed by atoms with Crippen LogP contribution < -0.4 is 15.8 Å². The van der Waals surface area contributed by atoms with E-state index >= 15 is 0 Å². The lowest BCUT2D eigenvalue weighted by Gasteiger charge is -2.16. The van der Waals surface area contributed by atoms with Crippen molar-refractivity contribution in [3.63, 3.8) is 0 Å². The minimum atomic E-state index is -0.684. The number of rotatable bonds is 2. The first-order chi connectivity index (χ1) is 9.32. The number of carbonyl (C=O) groups excluding carboxylic acids is 1. The molecule has 0 aliphatic carbocycles. The predicted molar refractivity (Wildman–Crippen MR) is 77.5 cm³/mol. The van der Waals surface area contributed by atoms with E-state index in [0.717, 1.165) is 0 Å². The van der Waals surface area contributed by atoms with Crippen LogP contribution in [-0.2, 0) is 4.79 Å². The topological polar surface area (TPSA) is 82.8 Å². The van der Waals surface area contributed by atoms with E-state index in [9.17, 15) is 14.7 Å². The molecule has 2 N–H and O–H groups in total. The third kappa shape index (κ3) is 2.20. The lowest BCUT2D eigenvalue weighted by atomic mass is 10.1. The Morgan fingerprint density at radius 1 is 1.35 bits per heavy atom. The van der Waals surface area contributed by atoms with Crippen molar-refractivity contribution in [1.29, 1.82) is 0 Å². The van der Waals surface area contributed by atoms with Crippen molar-refractivity contribution >= 4 is 28.3 Å². The van der Waals surface area contributed by atoms with Crippen LogP contribution in [0.3, 0.4) is 0 Å². The molecule has 0 saturated carbocycles. The van der Waals surface area contributed by atoms with Gasteiger partial charge in [0, 0.05) is 26.4 Å². The van der Waals surface area contributed by atoms with Gasteiger partial charge in [-0.25, -0.2) is 4.79 Å². The first-order valence-corrected chi connectivity index (χ1v) is 6.07. The maximum absolute atomic E-state index is 11.9. The van der Waals surface area contributed by atoms with Gasteiger partial charge in [0.1, 0.15) is 5.69 Å². The van der Waals surface area contributed by atoms with Gasteiger partial charge in [0.05, 0.1) is 5.69 Å². The maximum Gasteiger partial charge on any atom is 0.360 e. The van der Waals surface area contributed by atoms with E-state index in [0.29, 0.717) is 16.6 Å². The van der Waals surface area contributed by atoms with Gasteiger partial charge < -0.3 is 19.7 Å². The number of carbonyl (C=O) groups is 1. The van der Waals surface area contributed by atoms with Crippen LogP contribution in [0.4, 0.5) is 11.4 Å². The largest absolute Gasteiger partial charge is 0.503 e. The third-order valence-corrected chi connectivity index (χ3v) is 3.07. The summed E-state index contributed by atoms with van der Waals surface area (Å²) in [5.41, 5.74) is 0.644. The van der Waals surface area contributed by atoms with Crippen molar-refractivity contribution in [3.8, 4) is 5.75 Å². The first kappa shape index (κ1) is 13.9. The molecule has 0 unspecified atom stereocenters.